The number of fused-ring (bicyclic) bond motifs is 1. The SMILES string of the molecule is CNCc1c(SCC(=O)OC)nc2ccccn12. The maximum Gasteiger partial charge on any atom is 0.316 e. The standard InChI is InChI=1S/C12H15N3O2S/c1-13-7-9-12(18-8-11(16)17-2)14-10-5-3-4-6-15(9)10/h3-6,13H,7-8H2,1-2H3. The number of carbonyl (C=O) groups is 1. The van der Waals surface area contributed by atoms with E-state index >= 15 is 0 Å². The lowest BCUT2D eigenvalue weighted by Gasteiger charge is -2.03. The van der Waals surface area contributed by atoms with Gasteiger partial charge in [-0.05, 0) is 19.2 Å². The van der Waals surface area contributed by atoms with E-state index in [4.69, 9.17) is 0 Å². The van der Waals surface area contributed by atoms with Gasteiger partial charge in [-0.15, -0.1) is 0 Å². The van der Waals surface area contributed by atoms with Gasteiger partial charge < -0.3 is 14.5 Å². The fraction of sp³-hybridized carbons (Fsp3) is 0.333. The Hall–Kier alpha value is -1.53. The van der Waals surface area contributed by atoms with Crippen molar-refractivity contribution in [3.63, 3.8) is 0 Å². The Kier molecular flexibility index (Phi) is 4.22. The Bertz CT molecular complexity index is 553. The van der Waals surface area contributed by atoms with Gasteiger partial charge in [0, 0.05) is 12.7 Å². The third kappa shape index (κ3) is 2.65. The van der Waals surface area contributed by atoms with Crippen LogP contribution in [0.25, 0.3) is 5.65 Å². The number of rotatable bonds is 5. The van der Waals surface area contributed by atoms with Gasteiger partial charge in [-0.25, -0.2) is 4.98 Å². The average Bonchev–Trinajstić information content (AvgIpc) is 2.75. The lowest BCUT2D eigenvalue weighted by atomic mass is 10.4. The molecule has 5 nitrogen and oxygen atoms in total. The second kappa shape index (κ2) is 5.88. The van der Waals surface area contributed by atoms with Crippen LogP contribution in [0.1, 0.15) is 5.69 Å². The van der Waals surface area contributed by atoms with Crippen LogP contribution in [0.2, 0.25) is 0 Å². The minimum absolute atomic E-state index is 0.243. The van der Waals surface area contributed by atoms with Crippen molar-refractivity contribution in [2.24, 2.45) is 0 Å². The molecule has 2 heterocycles. The molecule has 96 valence electrons. The summed E-state index contributed by atoms with van der Waals surface area (Å²) < 4.78 is 6.66. The molecule has 2 rings (SSSR count). The summed E-state index contributed by atoms with van der Waals surface area (Å²) in [6.45, 7) is 0.703. The van der Waals surface area contributed by atoms with E-state index in [1.807, 2.05) is 35.8 Å². The summed E-state index contributed by atoms with van der Waals surface area (Å²) in [6.07, 6.45) is 1.97. The predicted octanol–water partition coefficient (Wildman–Crippen LogP) is 1.32. The molecule has 0 aliphatic rings. The summed E-state index contributed by atoms with van der Waals surface area (Å²) in [4.78, 5) is 15.7. The zero-order valence-electron chi connectivity index (χ0n) is 10.3. The summed E-state index contributed by atoms with van der Waals surface area (Å²) in [5.41, 5.74) is 1.94. The molecule has 1 N–H and O–H groups in total. The van der Waals surface area contributed by atoms with E-state index in [1.54, 1.807) is 0 Å². The first-order valence-electron chi connectivity index (χ1n) is 5.56. The Morgan fingerprint density at radius 3 is 3.11 bits per heavy atom. The van der Waals surface area contributed by atoms with E-state index in [0.29, 0.717) is 6.54 Å². The highest BCUT2D eigenvalue weighted by molar-refractivity contribution is 7.99. The number of ether oxygens (including phenoxy) is 1. The van der Waals surface area contributed by atoms with Crippen LogP contribution in [0.15, 0.2) is 29.4 Å². The first-order chi connectivity index (χ1) is 8.76. The van der Waals surface area contributed by atoms with Crippen molar-refractivity contribution in [1.82, 2.24) is 14.7 Å². The van der Waals surface area contributed by atoms with Gasteiger partial charge in [-0.1, -0.05) is 17.8 Å². The molecule has 0 radical (unpaired) electrons. The lowest BCUT2D eigenvalue weighted by molar-refractivity contribution is -0.137. The molecule has 0 aliphatic carbocycles. The first-order valence-corrected chi connectivity index (χ1v) is 6.55. The van der Waals surface area contributed by atoms with Crippen LogP contribution in [-0.4, -0.2) is 35.3 Å². The predicted molar refractivity (Wildman–Crippen MR) is 70.7 cm³/mol. The van der Waals surface area contributed by atoms with Gasteiger partial charge in [0.25, 0.3) is 0 Å². The molecule has 0 saturated heterocycles. The monoisotopic (exact) mass is 265 g/mol. The van der Waals surface area contributed by atoms with Gasteiger partial charge in [-0.3, -0.25) is 4.79 Å². The van der Waals surface area contributed by atoms with Gasteiger partial charge in [-0.2, -0.15) is 0 Å². The van der Waals surface area contributed by atoms with Gasteiger partial charge in [0.15, 0.2) is 0 Å². The normalized spacial score (nSPS) is 10.8. The highest BCUT2D eigenvalue weighted by Gasteiger charge is 2.13. The Labute approximate surface area is 110 Å². The molecule has 0 atom stereocenters. The lowest BCUT2D eigenvalue weighted by Crippen LogP contribution is -2.09. The summed E-state index contributed by atoms with van der Waals surface area (Å²) in [5, 5.41) is 3.98. The smallest absolute Gasteiger partial charge is 0.316 e. The number of carbonyl (C=O) groups excluding carboxylic acids is 1. The van der Waals surface area contributed by atoms with Crippen molar-refractivity contribution < 1.29 is 9.53 Å². The van der Waals surface area contributed by atoms with Gasteiger partial charge >= 0.3 is 5.97 Å². The number of aromatic nitrogens is 2. The maximum atomic E-state index is 11.2. The molecule has 0 spiro atoms. The van der Waals surface area contributed by atoms with Gasteiger partial charge in [0.05, 0.1) is 18.6 Å². The molecule has 0 amide bonds. The van der Waals surface area contributed by atoms with E-state index in [2.05, 4.69) is 15.0 Å². The molecular weight excluding hydrogens is 250 g/mol. The zero-order valence-corrected chi connectivity index (χ0v) is 11.2. The number of thioether (sulfide) groups is 1. The third-order valence-corrected chi connectivity index (χ3v) is 3.47. The molecule has 6 heteroatoms. The fourth-order valence-corrected chi connectivity index (χ4v) is 2.52. The average molecular weight is 265 g/mol. The van der Waals surface area contributed by atoms with Crippen molar-refractivity contribution in [3.05, 3.63) is 30.1 Å². The van der Waals surface area contributed by atoms with Crippen LogP contribution in [0.3, 0.4) is 0 Å². The number of pyridine rings is 1. The zero-order chi connectivity index (χ0) is 13.0. The number of methoxy groups -OCH3 is 1. The molecular formula is C12H15N3O2S. The minimum Gasteiger partial charge on any atom is -0.468 e. The van der Waals surface area contributed by atoms with Crippen molar-refractivity contribution in [2.45, 2.75) is 11.6 Å². The number of hydrogen-bond donors (Lipinski definition) is 1. The molecule has 0 bridgehead atoms. The molecule has 0 unspecified atom stereocenters. The van der Waals surface area contributed by atoms with Crippen molar-refractivity contribution in [3.8, 4) is 0 Å². The molecule has 0 aromatic carbocycles. The Morgan fingerprint density at radius 2 is 2.39 bits per heavy atom. The highest BCUT2D eigenvalue weighted by atomic mass is 32.2. The quantitative estimate of drug-likeness (QED) is 0.652. The number of nitrogens with zero attached hydrogens (tertiary/aromatic N) is 2. The van der Waals surface area contributed by atoms with E-state index in [-0.39, 0.29) is 11.7 Å². The van der Waals surface area contributed by atoms with E-state index in [9.17, 15) is 4.79 Å². The van der Waals surface area contributed by atoms with Crippen molar-refractivity contribution in [2.75, 3.05) is 19.9 Å². The van der Waals surface area contributed by atoms with Crippen LogP contribution in [0, 0.1) is 0 Å². The van der Waals surface area contributed by atoms with Crippen LogP contribution < -0.4 is 5.32 Å². The van der Waals surface area contributed by atoms with Gasteiger partial charge in [0.2, 0.25) is 0 Å². The number of hydrogen-bond acceptors (Lipinski definition) is 5. The highest BCUT2D eigenvalue weighted by Crippen LogP contribution is 2.23. The van der Waals surface area contributed by atoms with Crippen molar-refractivity contribution in [1.29, 1.82) is 0 Å². The van der Waals surface area contributed by atoms with Crippen molar-refractivity contribution >= 4 is 23.4 Å². The first kappa shape index (κ1) is 12.9. The summed E-state index contributed by atoms with van der Waals surface area (Å²) in [6, 6.07) is 5.85. The Morgan fingerprint density at radius 1 is 1.56 bits per heavy atom. The number of esters is 1. The van der Waals surface area contributed by atoms with Crippen LogP contribution >= 0.6 is 11.8 Å². The van der Waals surface area contributed by atoms with E-state index in [1.165, 1.54) is 18.9 Å². The summed E-state index contributed by atoms with van der Waals surface area (Å²) in [5.74, 6) is 0.0318. The van der Waals surface area contributed by atoms with E-state index in [0.717, 1.165) is 16.4 Å². The van der Waals surface area contributed by atoms with Crippen LogP contribution in [0.4, 0.5) is 0 Å². The molecule has 0 aliphatic heterocycles. The fourth-order valence-electron chi connectivity index (χ4n) is 1.66. The molecule has 2 aromatic heterocycles. The molecule has 0 saturated carbocycles. The Balaban J connectivity index is 2.30. The van der Waals surface area contributed by atoms with E-state index < -0.39 is 0 Å². The topological polar surface area (TPSA) is 55.6 Å². The number of imidazole rings is 1. The summed E-state index contributed by atoms with van der Waals surface area (Å²) in [7, 11) is 3.28. The second-order valence-corrected chi connectivity index (χ2v) is 4.65. The van der Waals surface area contributed by atoms with Gasteiger partial charge in [0.1, 0.15) is 10.7 Å². The number of nitrogens with one attached hydrogen (secondary N) is 1. The minimum atomic E-state index is -0.243. The molecule has 18 heavy (non-hydrogen) atoms. The largest absolute Gasteiger partial charge is 0.468 e. The molecule has 0 fully saturated rings. The van der Waals surface area contributed by atoms with Crippen LogP contribution in [-0.2, 0) is 16.1 Å². The third-order valence-electron chi connectivity index (χ3n) is 2.49. The second-order valence-electron chi connectivity index (χ2n) is 3.69. The van der Waals surface area contributed by atoms with Crippen LogP contribution in [0.5, 0.6) is 0 Å². The maximum absolute atomic E-state index is 11.2. The molecule has 2 aromatic rings. The summed E-state index contributed by atoms with van der Waals surface area (Å²) >= 11 is 1.40.